The van der Waals surface area contributed by atoms with E-state index in [1.165, 1.54) is 25.7 Å². The minimum absolute atomic E-state index is 0. The number of halogens is 1. The summed E-state index contributed by atoms with van der Waals surface area (Å²) in [6.45, 7) is 9.81. The molecule has 1 N–H and O–H groups in total. The monoisotopic (exact) mass is 512 g/mol. The van der Waals surface area contributed by atoms with Crippen molar-refractivity contribution in [1.82, 2.24) is 15.1 Å². The Hall–Kier alpha value is -0.0900. The van der Waals surface area contributed by atoms with Gasteiger partial charge < -0.3 is 10.2 Å². The van der Waals surface area contributed by atoms with Gasteiger partial charge in [0.1, 0.15) is 0 Å². The van der Waals surface area contributed by atoms with E-state index in [1.54, 1.807) is 27.8 Å². The maximum absolute atomic E-state index is 12.3. The van der Waals surface area contributed by atoms with E-state index in [-0.39, 0.29) is 29.7 Å². The predicted octanol–water partition coefficient (Wildman–Crippen LogP) is 2.20. The highest BCUT2D eigenvalue weighted by atomic mass is 127. The van der Waals surface area contributed by atoms with Crippen LogP contribution in [-0.4, -0.2) is 80.5 Å². The van der Waals surface area contributed by atoms with Crippen LogP contribution in [0.4, 0.5) is 0 Å². The number of nitrogens with one attached hydrogen (secondary N) is 1. The second-order valence-electron chi connectivity index (χ2n) is 9.17. The minimum atomic E-state index is -3.10. The average Bonchev–Trinajstić information content (AvgIpc) is 3.21. The molecule has 6 nitrogen and oxygen atoms in total. The highest BCUT2D eigenvalue weighted by Crippen LogP contribution is 2.46. The molecule has 0 spiro atoms. The number of sulfone groups is 1. The Labute approximate surface area is 182 Å². The molecule has 2 bridgehead atoms. The molecule has 3 unspecified atom stereocenters. The van der Waals surface area contributed by atoms with E-state index >= 15 is 0 Å². The molecule has 0 aromatic heterocycles. The summed E-state index contributed by atoms with van der Waals surface area (Å²) in [6, 6.07) is 0.808. The summed E-state index contributed by atoms with van der Waals surface area (Å²) >= 11 is 0. The Morgan fingerprint density at radius 1 is 1.11 bits per heavy atom. The van der Waals surface area contributed by atoms with Gasteiger partial charge in [-0.05, 0) is 51.9 Å². The van der Waals surface area contributed by atoms with Crippen molar-refractivity contribution < 1.29 is 8.42 Å². The molecule has 0 radical (unpaired) electrons. The number of fused-ring (bicyclic) bond motifs is 2. The molecule has 27 heavy (non-hydrogen) atoms. The van der Waals surface area contributed by atoms with Crippen molar-refractivity contribution in [3.63, 3.8) is 0 Å². The summed E-state index contributed by atoms with van der Waals surface area (Å²) in [6.07, 6.45) is 5.74. The van der Waals surface area contributed by atoms with E-state index < -0.39 is 14.6 Å². The van der Waals surface area contributed by atoms with Gasteiger partial charge in [0.15, 0.2) is 15.8 Å². The van der Waals surface area contributed by atoms with Crippen molar-refractivity contribution in [2.24, 2.45) is 16.8 Å². The molecular formula is C19H37IN4O2S. The lowest BCUT2D eigenvalue weighted by Gasteiger charge is -2.42. The van der Waals surface area contributed by atoms with Crippen LogP contribution < -0.4 is 5.32 Å². The first-order valence-corrected chi connectivity index (χ1v) is 11.8. The lowest BCUT2D eigenvalue weighted by molar-refractivity contribution is 0.0959. The highest BCUT2D eigenvalue weighted by molar-refractivity contribution is 14.0. The normalized spacial score (nSPS) is 29.7. The van der Waals surface area contributed by atoms with Crippen LogP contribution in [0, 0.1) is 11.8 Å². The van der Waals surface area contributed by atoms with Crippen LogP contribution in [0.3, 0.4) is 0 Å². The lowest BCUT2D eigenvalue weighted by Crippen LogP contribution is -2.56. The fourth-order valence-corrected chi connectivity index (χ4v) is 5.84. The molecule has 2 saturated carbocycles. The largest absolute Gasteiger partial charge is 0.355 e. The molecule has 1 aliphatic heterocycles. The third-order valence-corrected chi connectivity index (χ3v) is 9.19. The Morgan fingerprint density at radius 2 is 1.78 bits per heavy atom. The second-order valence-corrected chi connectivity index (χ2v) is 12.0. The van der Waals surface area contributed by atoms with Gasteiger partial charge in [-0.1, -0.05) is 6.42 Å². The SMILES string of the molecule is CN=C(NCCS(=O)(=O)C(C)(C)C)N1CCN(C2CC3CCC2C3)CC1.I. The summed E-state index contributed by atoms with van der Waals surface area (Å²) in [4.78, 5) is 9.34. The smallest absolute Gasteiger partial charge is 0.193 e. The molecule has 1 heterocycles. The van der Waals surface area contributed by atoms with Crippen molar-refractivity contribution in [2.75, 3.05) is 45.5 Å². The van der Waals surface area contributed by atoms with Gasteiger partial charge in [-0.2, -0.15) is 0 Å². The molecule has 0 aromatic carbocycles. The summed E-state index contributed by atoms with van der Waals surface area (Å²) < 4.78 is 23.8. The fraction of sp³-hybridized carbons (Fsp3) is 0.947. The van der Waals surface area contributed by atoms with Crippen LogP contribution in [-0.2, 0) is 9.84 Å². The lowest BCUT2D eigenvalue weighted by atomic mass is 9.93. The maximum Gasteiger partial charge on any atom is 0.193 e. The number of hydrogen-bond acceptors (Lipinski definition) is 4. The molecule has 0 amide bonds. The molecule has 2 aliphatic carbocycles. The Balaban J connectivity index is 0.00000261. The van der Waals surface area contributed by atoms with Crippen LogP contribution in [0.5, 0.6) is 0 Å². The quantitative estimate of drug-likeness (QED) is 0.356. The van der Waals surface area contributed by atoms with Gasteiger partial charge in [-0.25, -0.2) is 8.42 Å². The van der Waals surface area contributed by atoms with Crippen molar-refractivity contribution in [3.05, 3.63) is 0 Å². The van der Waals surface area contributed by atoms with E-state index in [2.05, 4.69) is 20.1 Å². The van der Waals surface area contributed by atoms with Gasteiger partial charge >= 0.3 is 0 Å². The molecule has 3 aliphatic rings. The summed E-state index contributed by atoms with van der Waals surface area (Å²) in [5, 5.41) is 3.26. The third kappa shape index (κ3) is 5.29. The van der Waals surface area contributed by atoms with Crippen molar-refractivity contribution in [1.29, 1.82) is 0 Å². The molecule has 3 rings (SSSR count). The second kappa shape index (κ2) is 9.15. The Bertz CT molecular complexity index is 624. The first-order chi connectivity index (χ1) is 12.2. The van der Waals surface area contributed by atoms with E-state index in [1.807, 2.05) is 0 Å². The van der Waals surface area contributed by atoms with Gasteiger partial charge in [0.25, 0.3) is 0 Å². The van der Waals surface area contributed by atoms with E-state index in [9.17, 15) is 8.42 Å². The Kier molecular flexibility index (Phi) is 7.86. The molecule has 3 atom stereocenters. The van der Waals surface area contributed by atoms with Gasteiger partial charge in [0.2, 0.25) is 0 Å². The topological polar surface area (TPSA) is 65.0 Å². The number of guanidine groups is 1. The summed E-state index contributed by atoms with van der Waals surface area (Å²) in [5.41, 5.74) is 0. The number of rotatable bonds is 4. The van der Waals surface area contributed by atoms with Crippen LogP contribution in [0.1, 0.15) is 46.5 Å². The fourth-order valence-electron chi connectivity index (χ4n) is 4.86. The average molecular weight is 513 g/mol. The number of aliphatic imine (C=N–C) groups is 1. The van der Waals surface area contributed by atoms with Gasteiger partial charge in [-0.3, -0.25) is 9.89 Å². The van der Waals surface area contributed by atoms with Crippen molar-refractivity contribution in [2.45, 2.75) is 57.2 Å². The number of nitrogens with zero attached hydrogens (tertiary/aromatic N) is 3. The van der Waals surface area contributed by atoms with Crippen molar-refractivity contribution in [3.8, 4) is 0 Å². The summed E-state index contributed by atoms with van der Waals surface area (Å²) in [5.74, 6) is 2.90. The molecule has 3 fully saturated rings. The van der Waals surface area contributed by atoms with Crippen LogP contribution in [0.2, 0.25) is 0 Å². The van der Waals surface area contributed by atoms with Crippen LogP contribution >= 0.6 is 24.0 Å². The summed E-state index contributed by atoms with van der Waals surface area (Å²) in [7, 11) is -1.32. The number of piperazine rings is 1. The molecular weight excluding hydrogens is 475 g/mol. The van der Waals surface area contributed by atoms with Crippen molar-refractivity contribution >= 4 is 39.8 Å². The van der Waals surface area contributed by atoms with Gasteiger partial charge in [0, 0.05) is 45.8 Å². The van der Waals surface area contributed by atoms with Crippen LogP contribution in [0.15, 0.2) is 4.99 Å². The molecule has 0 aromatic rings. The highest BCUT2D eigenvalue weighted by Gasteiger charge is 2.42. The zero-order valence-corrected chi connectivity index (χ0v) is 20.4. The zero-order chi connectivity index (χ0) is 18.9. The van der Waals surface area contributed by atoms with E-state index in [4.69, 9.17) is 0 Å². The van der Waals surface area contributed by atoms with E-state index in [0.717, 1.165) is 50.0 Å². The number of hydrogen-bond donors (Lipinski definition) is 1. The van der Waals surface area contributed by atoms with E-state index in [0.29, 0.717) is 6.54 Å². The Morgan fingerprint density at radius 3 is 2.26 bits per heavy atom. The minimum Gasteiger partial charge on any atom is -0.355 e. The predicted molar refractivity (Wildman–Crippen MR) is 123 cm³/mol. The van der Waals surface area contributed by atoms with Crippen LogP contribution in [0.25, 0.3) is 0 Å². The van der Waals surface area contributed by atoms with Gasteiger partial charge in [-0.15, -0.1) is 24.0 Å². The standard InChI is InChI=1S/C19H36N4O2S.HI/c1-19(2,3)26(24,25)12-7-21-18(20-4)23-10-8-22(9-11-23)17-14-15-5-6-16(17)13-15;/h15-17H,5-14H2,1-4H3,(H,20,21);1H. The molecule has 1 saturated heterocycles. The maximum atomic E-state index is 12.3. The third-order valence-electron chi connectivity index (χ3n) is 6.58. The first-order valence-electron chi connectivity index (χ1n) is 10.1. The molecule has 158 valence electrons. The van der Waals surface area contributed by atoms with Gasteiger partial charge in [0.05, 0.1) is 10.5 Å². The first kappa shape index (κ1) is 23.2. The molecule has 8 heteroatoms. The zero-order valence-electron chi connectivity index (χ0n) is 17.3.